The SMILES string of the molecule is Cc1cc(C)n(C[C@H](C)Nc2ccc(Cl)c(C#N)n2)n1. The molecule has 0 bridgehead atoms. The van der Waals surface area contributed by atoms with Crippen molar-refractivity contribution in [2.75, 3.05) is 5.32 Å². The van der Waals surface area contributed by atoms with Crippen molar-refractivity contribution in [3.05, 3.63) is 40.3 Å². The van der Waals surface area contributed by atoms with Crippen molar-refractivity contribution in [1.29, 1.82) is 5.26 Å². The van der Waals surface area contributed by atoms with Crippen LogP contribution < -0.4 is 5.32 Å². The maximum absolute atomic E-state index is 8.91. The van der Waals surface area contributed by atoms with E-state index >= 15 is 0 Å². The number of aromatic nitrogens is 3. The number of hydrogen-bond donors (Lipinski definition) is 1. The first-order chi connectivity index (χ1) is 9.49. The van der Waals surface area contributed by atoms with Crippen LogP contribution in [-0.4, -0.2) is 20.8 Å². The zero-order valence-electron chi connectivity index (χ0n) is 11.7. The van der Waals surface area contributed by atoms with E-state index in [1.54, 1.807) is 12.1 Å². The summed E-state index contributed by atoms with van der Waals surface area (Å²) in [5.74, 6) is 0.639. The molecule has 0 aliphatic heterocycles. The van der Waals surface area contributed by atoms with Crippen molar-refractivity contribution in [3.63, 3.8) is 0 Å². The number of nitrogens with zero attached hydrogens (tertiary/aromatic N) is 4. The Kier molecular flexibility index (Phi) is 4.26. The highest BCUT2D eigenvalue weighted by Crippen LogP contribution is 2.16. The minimum Gasteiger partial charge on any atom is -0.366 e. The molecule has 0 saturated carbocycles. The van der Waals surface area contributed by atoms with Crippen molar-refractivity contribution >= 4 is 17.4 Å². The van der Waals surface area contributed by atoms with E-state index < -0.39 is 0 Å². The van der Waals surface area contributed by atoms with Crippen LogP contribution in [0.1, 0.15) is 24.0 Å². The topological polar surface area (TPSA) is 66.5 Å². The zero-order valence-corrected chi connectivity index (χ0v) is 12.4. The maximum Gasteiger partial charge on any atom is 0.161 e. The van der Waals surface area contributed by atoms with Crippen LogP contribution in [0.3, 0.4) is 0 Å². The van der Waals surface area contributed by atoms with Crippen LogP contribution in [0.2, 0.25) is 5.02 Å². The molecule has 0 saturated heterocycles. The highest BCUT2D eigenvalue weighted by molar-refractivity contribution is 6.31. The van der Waals surface area contributed by atoms with Crippen LogP contribution in [0.5, 0.6) is 0 Å². The summed E-state index contributed by atoms with van der Waals surface area (Å²) in [4.78, 5) is 4.17. The maximum atomic E-state index is 8.91. The number of nitrogens with one attached hydrogen (secondary N) is 1. The molecule has 0 aromatic carbocycles. The van der Waals surface area contributed by atoms with Gasteiger partial charge in [-0.05, 0) is 39.0 Å². The van der Waals surface area contributed by atoms with Gasteiger partial charge in [0.1, 0.15) is 11.9 Å². The Labute approximate surface area is 123 Å². The van der Waals surface area contributed by atoms with Gasteiger partial charge in [0, 0.05) is 11.7 Å². The number of nitriles is 1. The quantitative estimate of drug-likeness (QED) is 0.940. The van der Waals surface area contributed by atoms with Crippen LogP contribution >= 0.6 is 11.6 Å². The molecule has 0 radical (unpaired) electrons. The predicted octanol–water partition coefficient (Wildman–Crippen LogP) is 2.92. The monoisotopic (exact) mass is 289 g/mol. The summed E-state index contributed by atoms with van der Waals surface area (Å²) in [5.41, 5.74) is 2.36. The standard InChI is InChI=1S/C14H16ClN5/c1-9-6-11(3)20(19-9)8-10(2)17-14-5-4-12(15)13(7-16)18-14/h4-6,10H,8H2,1-3H3,(H,17,18)/t10-/m0/s1. The summed E-state index contributed by atoms with van der Waals surface area (Å²) in [6, 6.07) is 7.58. The molecule has 2 aromatic heterocycles. The smallest absolute Gasteiger partial charge is 0.161 e. The lowest BCUT2D eigenvalue weighted by molar-refractivity contribution is 0.544. The molecule has 0 amide bonds. The Bertz CT molecular complexity index is 656. The summed E-state index contributed by atoms with van der Waals surface area (Å²) in [5, 5.41) is 16.9. The van der Waals surface area contributed by atoms with Gasteiger partial charge in [-0.25, -0.2) is 4.98 Å². The lowest BCUT2D eigenvalue weighted by Gasteiger charge is -2.15. The van der Waals surface area contributed by atoms with Gasteiger partial charge in [-0.3, -0.25) is 4.68 Å². The van der Waals surface area contributed by atoms with Gasteiger partial charge in [-0.2, -0.15) is 10.4 Å². The van der Waals surface area contributed by atoms with Crippen LogP contribution in [-0.2, 0) is 6.54 Å². The molecule has 2 aromatic rings. The third kappa shape index (κ3) is 3.28. The average Bonchev–Trinajstić information content (AvgIpc) is 2.70. The van der Waals surface area contributed by atoms with Gasteiger partial charge < -0.3 is 5.32 Å². The van der Waals surface area contributed by atoms with Crippen LogP contribution in [0.4, 0.5) is 5.82 Å². The Balaban J connectivity index is 2.07. The molecule has 0 aliphatic carbocycles. The molecule has 5 nitrogen and oxygen atoms in total. The Morgan fingerprint density at radius 2 is 2.20 bits per heavy atom. The van der Waals surface area contributed by atoms with Gasteiger partial charge in [-0.1, -0.05) is 11.6 Å². The number of hydrogen-bond acceptors (Lipinski definition) is 4. The molecule has 0 unspecified atom stereocenters. The number of halogens is 1. The molecule has 1 N–H and O–H groups in total. The molecule has 6 heteroatoms. The fraction of sp³-hybridized carbons (Fsp3) is 0.357. The van der Waals surface area contributed by atoms with E-state index in [1.165, 1.54) is 0 Å². The molecule has 20 heavy (non-hydrogen) atoms. The first kappa shape index (κ1) is 14.4. The van der Waals surface area contributed by atoms with Crippen LogP contribution in [0.15, 0.2) is 18.2 Å². The second-order valence-electron chi connectivity index (χ2n) is 4.79. The number of pyridine rings is 1. The number of aryl methyl sites for hydroxylation is 2. The fourth-order valence-electron chi connectivity index (χ4n) is 2.02. The summed E-state index contributed by atoms with van der Waals surface area (Å²) < 4.78 is 1.95. The average molecular weight is 290 g/mol. The van der Waals surface area contributed by atoms with Crippen LogP contribution in [0, 0.1) is 25.2 Å². The van der Waals surface area contributed by atoms with E-state index in [2.05, 4.69) is 15.4 Å². The Hall–Kier alpha value is -2.06. The van der Waals surface area contributed by atoms with Crippen molar-refractivity contribution in [3.8, 4) is 6.07 Å². The minimum absolute atomic E-state index is 0.133. The molecule has 104 valence electrons. The summed E-state index contributed by atoms with van der Waals surface area (Å²) in [6.45, 7) is 6.77. The predicted molar refractivity (Wildman–Crippen MR) is 78.7 cm³/mol. The highest BCUT2D eigenvalue weighted by atomic mass is 35.5. The van der Waals surface area contributed by atoms with E-state index in [0.717, 1.165) is 17.9 Å². The van der Waals surface area contributed by atoms with Crippen LogP contribution in [0.25, 0.3) is 0 Å². The van der Waals surface area contributed by atoms with Gasteiger partial charge >= 0.3 is 0 Å². The van der Waals surface area contributed by atoms with E-state index in [4.69, 9.17) is 16.9 Å². The van der Waals surface area contributed by atoms with Gasteiger partial charge in [0.2, 0.25) is 0 Å². The van der Waals surface area contributed by atoms with E-state index in [1.807, 2.05) is 37.6 Å². The summed E-state index contributed by atoms with van der Waals surface area (Å²) in [6.07, 6.45) is 0. The molecular formula is C14H16ClN5. The second-order valence-corrected chi connectivity index (χ2v) is 5.20. The van der Waals surface area contributed by atoms with E-state index in [-0.39, 0.29) is 11.7 Å². The second kappa shape index (κ2) is 5.93. The van der Waals surface area contributed by atoms with Crippen molar-refractivity contribution in [1.82, 2.24) is 14.8 Å². The molecular weight excluding hydrogens is 274 g/mol. The van der Waals surface area contributed by atoms with E-state index in [0.29, 0.717) is 10.8 Å². The highest BCUT2D eigenvalue weighted by Gasteiger charge is 2.09. The van der Waals surface area contributed by atoms with Gasteiger partial charge in [0.05, 0.1) is 17.3 Å². The molecule has 0 fully saturated rings. The molecule has 2 heterocycles. The first-order valence-corrected chi connectivity index (χ1v) is 6.71. The third-order valence-electron chi connectivity index (χ3n) is 2.90. The lowest BCUT2D eigenvalue weighted by Crippen LogP contribution is -2.24. The summed E-state index contributed by atoms with van der Waals surface area (Å²) >= 11 is 5.86. The largest absolute Gasteiger partial charge is 0.366 e. The lowest BCUT2D eigenvalue weighted by atomic mass is 10.3. The minimum atomic E-state index is 0.133. The number of rotatable bonds is 4. The first-order valence-electron chi connectivity index (χ1n) is 6.34. The molecule has 1 atom stereocenters. The van der Waals surface area contributed by atoms with Crippen molar-refractivity contribution < 1.29 is 0 Å². The summed E-state index contributed by atoms with van der Waals surface area (Å²) in [7, 11) is 0. The fourth-order valence-corrected chi connectivity index (χ4v) is 2.17. The van der Waals surface area contributed by atoms with Gasteiger partial charge in [0.25, 0.3) is 0 Å². The molecule has 0 spiro atoms. The Morgan fingerprint density at radius 3 is 2.80 bits per heavy atom. The van der Waals surface area contributed by atoms with E-state index in [9.17, 15) is 0 Å². The third-order valence-corrected chi connectivity index (χ3v) is 3.20. The normalized spacial score (nSPS) is 11.9. The molecule has 2 rings (SSSR count). The van der Waals surface area contributed by atoms with Gasteiger partial charge in [-0.15, -0.1) is 0 Å². The van der Waals surface area contributed by atoms with Crippen molar-refractivity contribution in [2.45, 2.75) is 33.4 Å². The van der Waals surface area contributed by atoms with Crippen molar-refractivity contribution in [2.24, 2.45) is 0 Å². The molecule has 0 aliphatic rings. The zero-order chi connectivity index (χ0) is 14.7. The Morgan fingerprint density at radius 1 is 1.45 bits per heavy atom. The van der Waals surface area contributed by atoms with Gasteiger partial charge in [0.15, 0.2) is 5.69 Å². The number of anilines is 1.